The zero-order chi connectivity index (χ0) is 19.4. The summed E-state index contributed by atoms with van der Waals surface area (Å²) in [6.45, 7) is 3.15. The largest absolute Gasteiger partial charge is 0.325 e. The summed E-state index contributed by atoms with van der Waals surface area (Å²) in [5, 5.41) is 3.14. The summed E-state index contributed by atoms with van der Waals surface area (Å²) in [6.07, 6.45) is 3.54. The van der Waals surface area contributed by atoms with E-state index in [9.17, 15) is 9.18 Å². The second kappa shape index (κ2) is 8.66. The van der Waals surface area contributed by atoms with Crippen molar-refractivity contribution in [3.05, 3.63) is 65.5 Å². The van der Waals surface area contributed by atoms with Gasteiger partial charge in [0.15, 0.2) is 0 Å². The second-order valence-corrected chi connectivity index (χ2v) is 9.07. The van der Waals surface area contributed by atoms with Crippen molar-refractivity contribution in [2.24, 2.45) is 0 Å². The van der Waals surface area contributed by atoms with Crippen LogP contribution in [0.25, 0.3) is 0 Å². The van der Waals surface area contributed by atoms with Crippen molar-refractivity contribution in [2.45, 2.75) is 37.6 Å². The summed E-state index contributed by atoms with van der Waals surface area (Å²) in [6, 6.07) is 14.7. The summed E-state index contributed by atoms with van der Waals surface area (Å²) in [7, 11) is 0. The first-order valence-corrected chi connectivity index (χ1v) is 11.3. The molecule has 2 aliphatic rings. The van der Waals surface area contributed by atoms with Gasteiger partial charge in [0.2, 0.25) is 5.91 Å². The fourth-order valence-corrected chi connectivity index (χ4v) is 5.41. The predicted octanol–water partition coefficient (Wildman–Crippen LogP) is 4.83. The molecule has 4 rings (SSSR count). The van der Waals surface area contributed by atoms with Crippen molar-refractivity contribution < 1.29 is 9.18 Å². The number of nitrogens with zero attached hydrogens (tertiary/aromatic N) is 1. The Bertz CT molecular complexity index is 829. The molecule has 2 fully saturated rings. The van der Waals surface area contributed by atoms with Gasteiger partial charge in [0.05, 0.1) is 5.41 Å². The third-order valence-electron chi connectivity index (χ3n) is 5.96. The number of rotatable bonds is 5. The molecule has 2 aromatic rings. The van der Waals surface area contributed by atoms with Crippen LogP contribution in [0.2, 0.25) is 0 Å². The number of benzene rings is 2. The van der Waals surface area contributed by atoms with Crippen LogP contribution in [0.4, 0.5) is 10.1 Å². The molecular weight excluding hydrogens is 371 g/mol. The predicted molar refractivity (Wildman–Crippen MR) is 114 cm³/mol. The molecule has 5 heteroatoms. The Labute approximate surface area is 170 Å². The first-order valence-electron chi connectivity index (χ1n) is 10.1. The first kappa shape index (κ1) is 19.5. The molecule has 1 N–H and O–H groups in total. The molecule has 1 aliphatic heterocycles. The minimum atomic E-state index is -0.623. The highest BCUT2D eigenvalue weighted by molar-refractivity contribution is 7.99. The molecule has 2 aromatic carbocycles. The number of halogens is 1. The smallest absolute Gasteiger partial charge is 0.235 e. The van der Waals surface area contributed by atoms with Crippen LogP contribution in [-0.4, -0.2) is 35.4 Å². The van der Waals surface area contributed by atoms with Gasteiger partial charge in [0.1, 0.15) is 5.82 Å². The van der Waals surface area contributed by atoms with Gasteiger partial charge in [0.25, 0.3) is 0 Å². The number of amides is 1. The number of hydrogen-bond acceptors (Lipinski definition) is 3. The number of nitrogens with one attached hydrogen (secondary N) is 1. The normalized spacial score (nSPS) is 19.5. The number of anilines is 1. The Kier molecular flexibility index (Phi) is 6.02. The Morgan fingerprint density at radius 2 is 1.82 bits per heavy atom. The number of carbonyl (C=O) groups is 1. The van der Waals surface area contributed by atoms with Crippen LogP contribution in [0.1, 0.15) is 36.8 Å². The lowest BCUT2D eigenvalue weighted by atomic mass is 9.78. The second-order valence-electron chi connectivity index (χ2n) is 7.84. The van der Waals surface area contributed by atoms with Crippen LogP contribution in [0, 0.1) is 5.82 Å². The van der Waals surface area contributed by atoms with Crippen molar-refractivity contribution in [3.8, 4) is 0 Å². The van der Waals surface area contributed by atoms with Crippen molar-refractivity contribution in [2.75, 3.05) is 29.9 Å². The SMILES string of the molecule is O=C(Nc1cccc(CN2CCSCC2)c1)C1(c2cccc(F)c2)CCCC1. The fourth-order valence-electron chi connectivity index (χ4n) is 4.43. The van der Waals surface area contributed by atoms with Crippen molar-refractivity contribution in [1.29, 1.82) is 0 Å². The molecule has 28 heavy (non-hydrogen) atoms. The van der Waals surface area contributed by atoms with E-state index >= 15 is 0 Å². The van der Waals surface area contributed by atoms with Gasteiger partial charge in [-0.2, -0.15) is 11.8 Å². The highest BCUT2D eigenvalue weighted by Gasteiger charge is 2.42. The lowest BCUT2D eigenvalue weighted by Gasteiger charge is -2.29. The molecule has 0 unspecified atom stereocenters. The molecule has 0 aromatic heterocycles. The third kappa shape index (κ3) is 4.26. The first-order chi connectivity index (χ1) is 13.7. The molecule has 3 nitrogen and oxygen atoms in total. The van der Waals surface area contributed by atoms with Crippen LogP contribution in [0.15, 0.2) is 48.5 Å². The number of carbonyl (C=O) groups excluding carboxylic acids is 1. The molecular formula is C23H27FN2OS. The monoisotopic (exact) mass is 398 g/mol. The molecule has 148 valence electrons. The zero-order valence-electron chi connectivity index (χ0n) is 16.1. The standard InChI is InChI=1S/C23H27FN2OS/c24-20-7-4-6-19(16-20)23(9-1-2-10-23)22(27)25-21-8-3-5-18(15-21)17-26-11-13-28-14-12-26/h3-8,15-16H,1-2,9-14,17H2,(H,25,27). The summed E-state index contributed by atoms with van der Waals surface area (Å²) in [5.74, 6) is 2.08. The van der Waals surface area contributed by atoms with Crippen LogP contribution >= 0.6 is 11.8 Å². The quantitative estimate of drug-likeness (QED) is 0.783. The van der Waals surface area contributed by atoms with Gasteiger partial charge in [-0.1, -0.05) is 37.1 Å². The van der Waals surface area contributed by atoms with Crippen LogP contribution < -0.4 is 5.32 Å². The highest BCUT2D eigenvalue weighted by atomic mass is 32.2. The maximum Gasteiger partial charge on any atom is 0.235 e. The van der Waals surface area contributed by atoms with Gasteiger partial charge >= 0.3 is 0 Å². The molecule has 1 saturated heterocycles. The Morgan fingerprint density at radius 3 is 2.57 bits per heavy atom. The van der Waals surface area contributed by atoms with Gasteiger partial charge in [0, 0.05) is 36.8 Å². The summed E-state index contributed by atoms with van der Waals surface area (Å²) in [4.78, 5) is 15.8. The van der Waals surface area contributed by atoms with E-state index < -0.39 is 5.41 Å². The topological polar surface area (TPSA) is 32.3 Å². The van der Waals surface area contributed by atoms with E-state index in [4.69, 9.17) is 0 Å². The molecule has 1 aliphatic carbocycles. The number of thioether (sulfide) groups is 1. The highest BCUT2D eigenvalue weighted by Crippen LogP contribution is 2.42. The summed E-state index contributed by atoms with van der Waals surface area (Å²) < 4.78 is 13.8. The maximum atomic E-state index is 13.8. The Morgan fingerprint density at radius 1 is 1.07 bits per heavy atom. The van der Waals surface area contributed by atoms with Crippen molar-refractivity contribution in [1.82, 2.24) is 4.90 Å². The van der Waals surface area contributed by atoms with E-state index in [2.05, 4.69) is 22.3 Å². The van der Waals surface area contributed by atoms with Crippen LogP contribution in [0.3, 0.4) is 0 Å². The van der Waals surface area contributed by atoms with E-state index in [1.54, 1.807) is 6.07 Å². The zero-order valence-corrected chi connectivity index (χ0v) is 16.9. The van der Waals surface area contributed by atoms with Crippen LogP contribution in [0.5, 0.6) is 0 Å². The van der Waals surface area contributed by atoms with Gasteiger partial charge in [-0.3, -0.25) is 9.69 Å². The van der Waals surface area contributed by atoms with E-state index in [0.29, 0.717) is 0 Å². The fraction of sp³-hybridized carbons (Fsp3) is 0.435. The van der Waals surface area contributed by atoms with Gasteiger partial charge < -0.3 is 5.32 Å². The van der Waals surface area contributed by atoms with E-state index in [0.717, 1.165) is 56.6 Å². The Hall–Kier alpha value is -1.85. The minimum absolute atomic E-state index is 0.0119. The molecule has 1 heterocycles. The lowest BCUT2D eigenvalue weighted by molar-refractivity contribution is -0.121. The molecule has 0 bridgehead atoms. The van der Waals surface area contributed by atoms with Crippen LogP contribution in [-0.2, 0) is 16.8 Å². The van der Waals surface area contributed by atoms with E-state index in [1.165, 1.54) is 29.2 Å². The van der Waals surface area contributed by atoms with Crippen molar-refractivity contribution in [3.63, 3.8) is 0 Å². The maximum absolute atomic E-state index is 13.8. The molecule has 0 atom stereocenters. The average molecular weight is 399 g/mol. The summed E-state index contributed by atoms with van der Waals surface area (Å²) in [5.41, 5.74) is 2.22. The minimum Gasteiger partial charge on any atom is -0.325 e. The average Bonchev–Trinajstić information content (AvgIpc) is 3.20. The Balaban J connectivity index is 1.51. The third-order valence-corrected chi connectivity index (χ3v) is 6.91. The van der Waals surface area contributed by atoms with Gasteiger partial charge in [-0.25, -0.2) is 4.39 Å². The van der Waals surface area contributed by atoms with E-state index in [1.807, 2.05) is 30.0 Å². The van der Waals surface area contributed by atoms with E-state index in [-0.39, 0.29) is 11.7 Å². The van der Waals surface area contributed by atoms with Gasteiger partial charge in [-0.05, 0) is 48.2 Å². The molecule has 0 spiro atoms. The number of hydrogen-bond donors (Lipinski definition) is 1. The lowest BCUT2D eigenvalue weighted by Crippen LogP contribution is -2.38. The molecule has 0 radical (unpaired) electrons. The van der Waals surface area contributed by atoms with Crippen molar-refractivity contribution >= 4 is 23.4 Å². The summed E-state index contributed by atoms with van der Waals surface area (Å²) >= 11 is 2.01. The molecule has 1 saturated carbocycles. The van der Waals surface area contributed by atoms with Gasteiger partial charge in [-0.15, -0.1) is 0 Å². The molecule has 1 amide bonds.